The van der Waals surface area contributed by atoms with Crippen molar-refractivity contribution < 1.29 is 4.42 Å². The first-order chi connectivity index (χ1) is 24.8. The number of rotatable bonds is 7. The number of nitrogens with zero attached hydrogens (tertiary/aromatic N) is 1. The number of para-hydroxylation sites is 2. The first-order valence-corrected chi connectivity index (χ1v) is 17.0. The molecule has 9 rings (SSSR count). The standard InChI is InChI=1S/C48H33NO/c1-2-47-43(44-31-26-33-14-6-10-20-40(33)48(44)50-47)30-27-35-15-8-13-23-46(35)49(37-17-4-3-5-18-37)38-28-24-34(25-29-38)45-32-36-16-7-9-19-39(36)41-21-11-12-22-42(41)45/h2-32H,1H2/b30-27+. The van der Waals surface area contributed by atoms with E-state index in [4.69, 9.17) is 4.42 Å². The maximum Gasteiger partial charge on any atom is 0.143 e. The van der Waals surface area contributed by atoms with Gasteiger partial charge in [0.05, 0.1) is 5.69 Å². The summed E-state index contributed by atoms with van der Waals surface area (Å²) in [6.45, 7) is 4.07. The van der Waals surface area contributed by atoms with Crippen molar-refractivity contribution >= 4 is 78.6 Å². The minimum absolute atomic E-state index is 0.766. The van der Waals surface area contributed by atoms with E-state index in [0.29, 0.717) is 0 Å². The average Bonchev–Trinajstić information content (AvgIpc) is 3.56. The fraction of sp³-hybridized carbons (Fsp3) is 0. The molecule has 1 heterocycles. The molecule has 1 aromatic heterocycles. The number of furan rings is 1. The third kappa shape index (κ3) is 5.06. The van der Waals surface area contributed by atoms with Gasteiger partial charge in [-0.15, -0.1) is 0 Å². The first kappa shape index (κ1) is 29.5. The molecule has 8 aromatic carbocycles. The Balaban J connectivity index is 1.15. The maximum absolute atomic E-state index is 6.38. The summed E-state index contributed by atoms with van der Waals surface area (Å²) in [6.07, 6.45) is 6.15. The highest BCUT2D eigenvalue weighted by Gasteiger charge is 2.17. The summed E-state index contributed by atoms with van der Waals surface area (Å²) in [5.41, 5.74) is 8.67. The monoisotopic (exact) mass is 639 g/mol. The maximum atomic E-state index is 6.38. The van der Waals surface area contributed by atoms with Crippen LogP contribution in [0.4, 0.5) is 17.1 Å². The highest BCUT2D eigenvalue weighted by atomic mass is 16.3. The lowest BCUT2D eigenvalue weighted by Gasteiger charge is -2.27. The van der Waals surface area contributed by atoms with Crippen LogP contribution in [0.25, 0.3) is 72.6 Å². The lowest BCUT2D eigenvalue weighted by atomic mass is 9.93. The Morgan fingerprint density at radius 2 is 1.12 bits per heavy atom. The fourth-order valence-corrected chi connectivity index (χ4v) is 7.28. The van der Waals surface area contributed by atoms with Crippen molar-refractivity contribution in [1.82, 2.24) is 0 Å². The number of anilines is 3. The van der Waals surface area contributed by atoms with Gasteiger partial charge in [0.25, 0.3) is 0 Å². The third-order valence-electron chi connectivity index (χ3n) is 9.66. The molecular weight excluding hydrogens is 607 g/mol. The highest BCUT2D eigenvalue weighted by Crippen LogP contribution is 2.41. The third-order valence-corrected chi connectivity index (χ3v) is 9.66. The van der Waals surface area contributed by atoms with Crippen molar-refractivity contribution in [3.8, 4) is 11.1 Å². The Morgan fingerprint density at radius 3 is 1.92 bits per heavy atom. The molecule has 0 saturated heterocycles. The lowest BCUT2D eigenvalue weighted by Crippen LogP contribution is -2.11. The van der Waals surface area contributed by atoms with Crippen molar-refractivity contribution in [2.75, 3.05) is 4.90 Å². The van der Waals surface area contributed by atoms with Crippen LogP contribution in [0, 0.1) is 0 Å². The zero-order chi connectivity index (χ0) is 33.4. The van der Waals surface area contributed by atoms with Crippen molar-refractivity contribution in [3.63, 3.8) is 0 Å². The van der Waals surface area contributed by atoms with E-state index in [1.165, 1.54) is 32.7 Å². The number of benzene rings is 8. The second-order valence-corrected chi connectivity index (χ2v) is 12.5. The van der Waals surface area contributed by atoms with Gasteiger partial charge in [0.2, 0.25) is 0 Å². The molecule has 0 aliphatic carbocycles. The van der Waals surface area contributed by atoms with Gasteiger partial charge in [-0.1, -0.05) is 140 Å². The number of hydrogen-bond donors (Lipinski definition) is 0. The minimum Gasteiger partial charge on any atom is -0.455 e. The van der Waals surface area contributed by atoms with Crippen molar-refractivity contribution in [2.45, 2.75) is 0 Å². The molecule has 2 nitrogen and oxygen atoms in total. The Hall–Kier alpha value is -6.64. The zero-order valence-electron chi connectivity index (χ0n) is 27.5. The van der Waals surface area contributed by atoms with Gasteiger partial charge in [-0.05, 0) is 98.2 Å². The first-order valence-electron chi connectivity index (χ1n) is 17.0. The van der Waals surface area contributed by atoms with E-state index in [1.54, 1.807) is 6.08 Å². The van der Waals surface area contributed by atoms with Gasteiger partial charge in [0, 0.05) is 27.7 Å². The molecule has 236 valence electrons. The Morgan fingerprint density at radius 1 is 0.480 bits per heavy atom. The van der Waals surface area contributed by atoms with Crippen LogP contribution in [0.15, 0.2) is 181 Å². The molecule has 0 radical (unpaired) electrons. The smallest absolute Gasteiger partial charge is 0.143 e. The molecule has 0 amide bonds. The summed E-state index contributed by atoms with van der Waals surface area (Å²) in [7, 11) is 0. The lowest BCUT2D eigenvalue weighted by molar-refractivity contribution is 0.607. The van der Waals surface area contributed by atoms with Gasteiger partial charge in [-0.2, -0.15) is 0 Å². The summed E-state index contributed by atoms with van der Waals surface area (Å²) in [6, 6.07) is 60.4. The van der Waals surface area contributed by atoms with Crippen LogP contribution in [0.1, 0.15) is 16.9 Å². The SMILES string of the molecule is C=Cc1oc2c(ccc3ccccc32)c1/C=C/c1ccccc1N(c1ccccc1)c1ccc(-c2cc3ccccc3c3ccccc23)cc1. The normalized spacial score (nSPS) is 11.6. The predicted molar refractivity (Wildman–Crippen MR) is 214 cm³/mol. The summed E-state index contributed by atoms with van der Waals surface area (Å²) in [4.78, 5) is 2.33. The predicted octanol–water partition coefficient (Wildman–Crippen LogP) is 13.8. The van der Waals surface area contributed by atoms with Gasteiger partial charge in [-0.3, -0.25) is 0 Å². The molecule has 0 spiro atoms. The minimum atomic E-state index is 0.766. The Kier molecular flexibility index (Phi) is 7.33. The van der Waals surface area contributed by atoms with Crippen LogP contribution < -0.4 is 4.90 Å². The molecule has 2 heteroatoms. The summed E-state index contributed by atoms with van der Waals surface area (Å²) < 4.78 is 6.38. The number of hydrogen-bond acceptors (Lipinski definition) is 2. The Bertz CT molecular complexity index is 2720. The van der Waals surface area contributed by atoms with Crippen molar-refractivity contribution in [3.05, 3.63) is 193 Å². The summed E-state index contributed by atoms with van der Waals surface area (Å²) >= 11 is 0. The van der Waals surface area contributed by atoms with Crippen LogP contribution >= 0.6 is 0 Å². The molecule has 0 unspecified atom stereocenters. The van der Waals surface area contributed by atoms with Crippen molar-refractivity contribution in [2.24, 2.45) is 0 Å². The summed E-state index contributed by atoms with van der Waals surface area (Å²) in [5, 5.41) is 8.38. The highest BCUT2D eigenvalue weighted by molar-refractivity contribution is 6.14. The van der Waals surface area contributed by atoms with Gasteiger partial charge in [0.15, 0.2) is 0 Å². The van der Waals surface area contributed by atoms with Gasteiger partial charge >= 0.3 is 0 Å². The van der Waals surface area contributed by atoms with E-state index in [0.717, 1.165) is 55.7 Å². The van der Waals surface area contributed by atoms with E-state index < -0.39 is 0 Å². The second-order valence-electron chi connectivity index (χ2n) is 12.5. The van der Waals surface area contributed by atoms with E-state index in [1.807, 2.05) is 0 Å². The second kappa shape index (κ2) is 12.4. The van der Waals surface area contributed by atoms with Crippen LogP contribution in [0.3, 0.4) is 0 Å². The fourth-order valence-electron chi connectivity index (χ4n) is 7.28. The van der Waals surface area contributed by atoms with Gasteiger partial charge in [-0.25, -0.2) is 0 Å². The van der Waals surface area contributed by atoms with Crippen molar-refractivity contribution in [1.29, 1.82) is 0 Å². The molecule has 9 aromatic rings. The van der Waals surface area contributed by atoms with Crippen LogP contribution in [0.5, 0.6) is 0 Å². The topological polar surface area (TPSA) is 16.4 Å². The average molecular weight is 640 g/mol. The molecule has 0 fully saturated rings. The molecular formula is C48H33NO. The van der Waals surface area contributed by atoms with Crippen LogP contribution in [-0.4, -0.2) is 0 Å². The van der Waals surface area contributed by atoms with Crippen LogP contribution in [0.2, 0.25) is 0 Å². The zero-order valence-corrected chi connectivity index (χ0v) is 27.5. The van der Waals surface area contributed by atoms with Crippen LogP contribution in [-0.2, 0) is 0 Å². The van der Waals surface area contributed by atoms with E-state index >= 15 is 0 Å². The molecule has 0 aliphatic rings. The van der Waals surface area contributed by atoms with E-state index in [2.05, 4.69) is 193 Å². The molecule has 0 saturated carbocycles. The molecule has 0 atom stereocenters. The van der Waals surface area contributed by atoms with E-state index in [9.17, 15) is 0 Å². The summed E-state index contributed by atoms with van der Waals surface area (Å²) in [5.74, 6) is 0.766. The Labute approximate surface area is 291 Å². The number of fused-ring (bicyclic) bond motifs is 6. The largest absolute Gasteiger partial charge is 0.455 e. The molecule has 50 heavy (non-hydrogen) atoms. The molecule has 0 N–H and O–H groups in total. The molecule has 0 bridgehead atoms. The quantitative estimate of drug-likeness (QED) is 0.161. The molecule has 0 aliphatic heterocycles. The van der Waals surface area contributed by atoms with E-state index in [-0.39, 0.29) is 0 Å². The van der Waals surface area contributed by atoms with Gasteiger partial charge in [0.1, 0.15) is 11.3 Å². The van der Waals surface area contributed by atoms with Gasteiger partial charge < -0.3 is 9.32 Å².